The molecule has 6 nitrogen and oxygen atoms in total. The Bertz CT molecular complexity index is 429. The van der Waals surface area contributed by atoms with Crippen molar-refractivity contribution in [2.24, 2.45) is 5.92 Å². The molecular weight excluding hydrogens is 254 g/mol. The smallest absolute Gasteiger partial charge is 0.422 e. The number of thiazole rings is 1. The van der Waals surface area contributed by atoms with Crippen molar-refractivity contribution in [2.45, 2.75) is 19.9 Å². The fourth-order valence-electron chi connectivity index (χ4n) is 1.39. The predicted molar refractivity (Wildman–Crippen MR) is 70.5 cm³/mol. The molecule has 0 fully saturated rings. The highest BCUT2D eigenvalue weighted by molar-refractivity contribution is 7.13. The average Bonchev–Trinajstić information content (AvgIpc) is 2.78. The maximum atomic E-state index is 12.2. The number of quaternary nitrogens is 1. The van der Waals surface area contributed by atoms with Crippen LogP contribution in [0.15, 0.2) is 11.7 Å². The molecule has 0 aromatic carbocycles. The number of rotatable bonds is 4. The Morgan fingerprint density at radius 2 is 2.06 bits per heavy atom. The van der Waals surface area contributed by atoms with E-state index in [-0.39, 0.29) is 16.4 Å². The fraction of sp³-hybridized carbons (Fsp3) is 0.545. The van der Waals surface area contributed by atoms with Crippen LogP contribution in [0.3, 0.4) is 0 Å². The Hall–Kier alpha value is -1.47. The molecule has 7 heteroatoms. The molecule has 0 aliphatic heterocycles. The number of carbonyl (C=O) groups excluding carboxylic acids is 1. The second kappa shape index (κ2) is 5.45. The van der Waals surface area contributed by atoms with Crippen molar-refractivity contribution in [3.8, 4) is 0 Å². The zero-order valence-electron chi connectivity index (χ0n) is 10.9. The summed E-state index contributed by atoms with van der Waals surface area (Å²) in [7, 11) is 3.39. The van der Waals surface area contributed by atoms with E-state index < -0.39 is 12.0 Å². The molecule has 0 unspecified atom stereocenters. The molecule has 2 amide bonds. The van der Waals surface area contributed by atoms with Crippen molar-refractivity contribution in [1.29, 1.82) is 0 Å². The zero-order valence-corrected chi connectivity index (χ0v) is 11.7. The molecule has 1 rings (SSSR count). The number of aromatic nitrogens is 1. The predicted octanol–water partition coefficient (Wildman–Crippen LogP) is 1.53. The fourth-order valence-corrected chi connectivity index (χ4v) is 2.09. The largest absolute Gasteiger partial charge is 0.480 e. The van der Waals surface area contributed by atoms with Gasteiger partial charge in [0.15, 0.2) is 0 Å². The van der Waals surface area contributed by atoms with Gasteiger partial charge in [0.25, 0.3) is 0 Å². The molecule has 2 N–H and O–H groups in total. The minimum Gasteiger partial charge on any atom is -0.480 e. The number of nitrogens with zero attached hydrogens (tertiary/aromatic N) is 2. The van der Waals surface area contributed by atoms with Gasteiger partial charge in [-0.3, -0.25) is 5.32 Å². The normalized spacial score (nSPS) is 13.4. The van der Waals surface area contributed by atoms with Crippen molar-refractivity contribution in [3.63, 3.8) is 0 Å². The van der Waals surface area contributed by atoms with Gasteiger partial charge < -0.3 is 5.11 Å². The van der Waals surface area contributed by atoms with E-state index in [1.54, 1.807) is 39.7 Å². The van der Waals surface area contributed by atoms with Gasteiger partial charge in [-0.2, -0.15) is 0 Å². The van der Waals surface area contributed by atoms with E-state index in [1.165, 1.54) is 11.3 Å². The highest BCUT2D eigenvalue weighted by Gasteiger charge is 2.35. The molecule has 0 aliphatic carbocycles. The lowest BCUT2D eigenvalue weighted by atomic mass is 10.1. The summed E-state index contributed by atoms with van der Waals surface area (Å²) >= 11 is 1.35. The Morgan fingerprint density at radius 1 is 1.44 bits per heavy atom. The van der Waals surface area contributed by atoms with Crippen molar-refractivity contribution in [1.82, 2.24) is 14.8 Å². The molecule has 1 aromatic heterocycles. The van der Waals surface area contributed by atoms with Crippen LogP contribution in [0, 0.1) is 5.92 Å². The Morgan fingerprint density at radius 3 is 2.44 bits per heavy atom. The molecule has 0 saturated carbocycles. The summed E-state index contributed by atoms with van der Waals surface area (Å²) in [5, 5.41) is 12.4. The number of carbonyl (C=O) groups is 2. The van der Waals surface area contributed by atoms with Gasteiger partial charge in [-0.25, -0.2) is 19.1 Å². The first kappa shape index (κ1) is 14.6. The number of carboxylic acid groups (broad SMARTS) is 1. The maximum absolute atomic E-state index is 12.2. The summed E-state index contributed by atoms with van der Waals surface area (Å²) < 4.78 is -0.0683. The number of nitrogens with one attached hydrogen (secondary N) is 1. The van der Waals surface area contributed by atoms with E-state index in [9.17, 15) is 9.59 Å². The molecule has 18 heavy (non-hydrogen) atoms. The third-order valence-electron chi connectivity index (χ3n) is 2.69. The number of amides is 2. The van der Waals surface area contributed by atoms with Crippen LogP contribution in [-0.4, -0.2) is 42.2 Å². The minimum absolute atomic E-state index is 0.0683. The summed E-state index contributed by atoms with van der Waals surface area (Å²) in [5.74, 6) is -1.20. The van der Waals surface area contributed by atoms with Crippen molar-refractivity contribution in [2.75, 3.05) is 14.1 Å². The van der Waals surface area contributed by atoms with E-state index in [0.29, 0.717) is 0 Å². The molecule has 100 valence electrons. The first-order chi connectivity index (χ1) is 8.26. The summed E-state index contributed by atoms with van der Waals surface area (Å²) in [6.07, 6.45) is 1.61. The number of aliphatic carboxylic acids is 1. The third-order valence-corrected chi connectivity index (χ3v) is 3.72. The van der Waals surface area contributed by atoms with Crippen LogP contribution in [0.1, 0.15) is 13.8 Å². The van der Waals surface area contributed by atoms with Gasteiger partial charge in [-0.1, -0.05) is 25.2 Å². The number of carboxylic acids is 1. The monoisotopic (exact) mass is 272 g/mol. The zero-order chi connectivity index (χ0) is 13.9. The summed E-state index contributed by atoms with van der Waals surface area (Å²) in [6.45, 7) is 3.51. The third kappa shape index (κ3) is 3.05. The van der Waals surface area contributed by atoms with Gasteiger partial charge in [0, 0.05) is 0 Å². The van der Waals surface area contributed by atoms with Crippen molar-refractivity contribution in [3.05, 3.63) is 11.7 Å². The first-order valence-corrected chi connectivity index (χ1v) is 6.41. The van der Waals surface area contributed by atoms with Crippen LogP contribution in [0.4, 0.5) is 9.80 Å². The molecular formula is C11H18N3O3S+. The van der Waals surface area contributed by atoms with E-state index in [4.69, 9.17) is 5.11 Å². The topological polar surface area (TPSA) is 79.3 Å². The van der Waals surface area contributed by atoms with Crippen LogP contribution in [-0.2, 0) is 4.79 Å². The van der Waals surface area contributed by atoms with Gasteiger partial charge in [0.1, 0.15) is 12.2 Å². The lowest BCUT2D eigenvalue weighted by molar-refractivity contribution is -0.140. The van der Waals surface area contributed by atoms with Gasteiger partial charge >= 0.3 is 12.0 Å². The minimum atomic E-state index is -1.03. The van der Waals surface area contributed by atoms with Crippen LogP contribution in [0.2, 0.25) is 0 Å². The van der Waals surface area contributed by atoms with E-state index in [1.807, 2.05) is 0 Å². The lowest BCUT2D eigenvalue weighted by Gasteiger charge is -2.26. The number of urea groups is 1. The van der Waals surface area contributed by atoms with Crippen LogP contribution in [0.25, 0.3) is 0 Å². The highest BCUT2D eigenvalue weighted by Crippen LogP contribution is 2.23. The van der Waals surface area contributed by atoms with Crippen molar-refractivity contribution < 1.29 is 14.7 Å². The molecule has 0 radical (unpaired) electrons. The lowest BCUT2D eigenvalue weighted by Crippen LogP contribution is -2.57. The molecule has 1 aromatic rings. The standard InChI is InChI=1S/C11H17N3O3S/c1-7(2)9(10(15)16)13-11(17)14(3,4)8-5-12-6-18-8/h5-7,9H,1-4H3,(H-,13,15,16,17)/p+1/t9-/m1/s1. The molecule has 0 spiro atoms. The molecule has 0 aliphatic rings. The molecule has 0 saturated heterocycles. The van der Waals surface area contributed by atoms with Gasteiger partial charge in [0.05, 0.1) is 19.6 Å². The quantitative estimate of drug-likeness (QED) is 0.815. The summed E-state index contributed by atoms with van der Waals surface area (Å²) in [6, 6.07) is -1.25. The second-order valence-electron chi connectivity index (χ2n) is 4.80. The summed E-state index contributed by atoms with van der Waals surface area (Å²) in [4.78, 5) is 27.1. The SMILES string of the molecule is CC(C)[C@@H](NC(=O)[N+](C)(C)c1cncs1)C(=O)O. The Kier molecular flexibility index (Phi) is 4.42. The van der Waals surface area contributed by atoms with Gasteiger partial charge in [-0.15, -0.1) is 0 Å². The van der Waals surface area contributed by atoms with Gasteiger partial charge in [0.2, 0.25) is 5.00 Å². The van der Waals surface area contributed by atoms with Crippen LogP contribution >= 0.6 is 11.3 Å². The van der Waals surface area contributed by atoms with Gasteiger partial charge in [-0.05, 0) is 5.92 Å². The van der Waals surface area contributed by atoms with Crippen LogP contribution < -0.4 is 9.80 Å². The number of hydrogen-bond donors (Lipinski definition) is 2. The molecule has 0 bridgehead atoms. The Balaban J connectivity index is 2.85. The number of hydrogen-bond acceptors (Lipinski definition) is 4. The average molecular weight is 272 g/mol. The second-order valence-corrected chi connectivity index (χ2v) is 5.67. The van der Waals surface area contributed by atoms with Crippen molar-refractivity contribution >= 4 is 28.3 Å². The van der Waals surface area contributed by atoms with E-state index >= 15 is 0 Å². The highest BCUT2D eigenvalue weighted by atomic mass is 32.1. The summed E-state index contributed by atoms with van der Waals surface area (Å²) in [5.41, 5.74) is 1.64. The molecule has 1 heterocycles. The van der Waals surface area contributed by atoms with E-state index in [2.05, 4.69) is 10.3 Å². The molecule has 1 atom stereocenters. The first-order valence-electron chi connectivity index (χ1n) is 5.53. The van der Waals surface area contributed by atoms with E-state index in [0.717, 1.165) is 5.00 Å². The van der Waals surface area contributed by atoms with Crippen LogP contribution in [0.5, 0.6) is 0 Å². The maximum Gasteiger partial charge on any atom is 0.422 e. The Labute approximate surface area is 110 Å².